The van der Waals surface area contributed by atoms with Gasteiger partial charge in [0.05, 0.1) is 12.5 Å². The minimum Gasteiger partial charge on any atom is -0.350 e. The van der Waals surface area contributed by atoms with Crippen molar-refractivity contribution in [2.75, 3.05) is 32.7 Å². The van der Waals surface area contributed by atoms with Crippen molar-refractivity contribution in [1.29, 1.82) is 0 Å². The van der Waals surface area contributed by atoms with E-state index in [1.54, 1.807) is 0 Å². The molecule has 154 valence electrons. The molecule has 0 bridgehead atoms. The number of rotatable bonds is 5. The van der Waals surface area contributed by atoms with Crippen LogP contribution < -0.4 is 5.32 Å². The predicted octanol–water partition coefficient (Wildman–Crippen LogP) is 2.71. The topological polar surface area (TPSA) is 35.6 Å². The van der Waals surface area contributed by atoms with Gasteiger partial charge in [0.15, 0.2) is 0 Å². The van der Waals surface area contributed by atoms with Crippen LogP contribution in [0.3, 0.4) is 0 Å². The second-order valence-electron chi connectivity index (χ2n) is 8.57. The first-order valence-electron chi connectivity index (χ1n) is 10.7. The molecule has 2 fully saturated rings. The standard InChI is InChI=1S/C22H31F2N3O/c23-21(24)14-25-22(28)18-6-3-9-27(15-18)19-7-10-26(11-8-19)20-12-16-4-1-2-5-17(16)13-20/h1-2,4-5,18-21H,3,6-15H2,(H,25,28)/t18-/m0/s1. The van der Waals surface area contributed by atoms with Crippen LogP contribution in [0.2, 0.25) is 0 Å². The molecule has 1 aromatic carbocycles. The highest BCUT2D eigenvalue weighted by molar-refractivity contribution is 5.79. The molecule has 0 unspecified atom stereocenters. The molecular formula is C22H31F2N3O. The molecule has 0 aromatic heterocycles. The number of hydrogen-bond acceptors (Lipinski definition) is 3. The summed E-state index contributed by atoms with van der Waals surface area (Å²) >= 11 is 0. The smallest absolute Gasteiger partial charge is 0.255 e. The molecule has 1 aromatic rings. The number of nitrogens with zero attached hydrogens (tertiary/aromatic N) is 2. The van der Waals surface area contributed by atoms with Crippen molar-refractivity contribution in [2.45, 2.75) is 57.0 Å². The number of alkyl halides is 2. The zero-order chi connectivity index (χ0) is 19.5. The van der Waals surface area contributed by atoms with E-state index in [-0.39, 0.29) is 11.8 Å². The summed E-state index contributed by atoms with van der Waals surface area (Å²) in [6, 6.07) is 9.94. The maximum absolute atomic E-state index is 12.4. The lowest BCUT2D eigenvalue weighted by Gasteiger charge is -2.43. The number of carbonyl (C=O) groups excluding carboxylic acids is 1. The van der Waals surface area contributed by atoms with Gasteiger partial charge < -0.3 is 5.32 Å². The third-order valence-corrected chi connectivity index (χ3v) is 6.82. The van der Waals surface area contributed by atoms with Gasteiger partial charge in [-0.1, -0.05) is 24.3 Å². The van der Waals surface area contributed by atoms with E-state index in [0.29, 0.717) is 18.6 Å². The van der Waals surface area contributed by atoms with Gasteiger partial charge in [0, 0.05) is 18.6 Å². The second kappa shape index (κ2) is 8.87. The zero-order valence-electron chi connectivity index (χ0n) is 16.5. The fraction of sp³-hybridized carbons (Fsp3) is 0.682. The number of halogens is 2. The van der Waals surface area contributed by atoms with Crippen LogP contribution in [0, 0.1) is 5.92 Å². The summed E-state index contributed by atoms with van der Waals surface area (Å²) in [4.78, 5) is 17.3. The molecule has 2 heterocycles. The molecule has 6 heteroatoms. The van der Waals surface area contributed by atoms with E-state index >= 15 is 0 Å². The van der Waals surface area contributed by atoms with Crippen LogP contribution in [0.4, 0.5) is 8.78 Å². The quantitative estimate of drug-likeness (QED) is 0.838. The minimum absolute atomic E-state index is 0.144. The molecule has 1 aliphatic carbocycles. The fourth-order valence-electron chi connectivity index (χ4n) is 5.28. The van der Waals surface area contributed by atoms with Gasteiger partial charge >= 0.3 is 0 Å². The first-order valence-corrected chi connectivity index (χ1v) is 10.7. The highest BCUT2D eigenvalue weighted by Crippen LogP contribution is 2.29. The number of fused-ring (bicyclic) bond motifs is 1. The SMILES string of the molecule is O=C(NCC(F)F)[C@H]1CCCN(C2CCN(C3Cc4ccccc4C3)CC2)C1. The molecule has 0 spiro atoms. The maximum atomic E-state index is 12.4. The zero-order valence-corrected chi connectivity index (χ0v) is 16.5. The molecule has 1 N–H and O–H groups in total. The first kappa shape index (κ1) is 19.8. The second-order valence-corrected chi connectivity index (χ2v) is 8.57. The third-order valence-electron chi connectivity index (χ3n) is 6.82. The van der Waals surface area contributed by atoms with Crippen LogP contribution in [0.5, 0.6) is 0 Å². The van der Waals surface area contributed by atoms with E-state index in [1.165, 1.54) is 11.1 Å². The summed E-state index contributed by atoms with van der Waals surface area (Å²) in [6.45, 7) is 3.44. The van der Waals surface area contributed by atoms with Gasteiger partial charge in [-0.25, -0.2) is 8.78 Å². The lowest BCUT2D eigenvalue weighted by atomic mass is 9.92. The first-order chi connectivity index (χ1) is 13.6. The third kappa shape index (κ3) is 4.54. The Hall–Kier alpha value is -1.53. The molecule has 4 nitrogen and oxygen atoms in total. The Morgan fingerprint density at radius 1 is 1.00 bits per heavy atom. The minimum atomic E-state index is -2.48. The van der Waals surface area contributed by atoms with Gasteiger partial charge in [0.1, 0.15) is 0 Å². The van der Waals surface area contributed by atoms with Crippen molar-refractivity contribution in [3.63, 3.8) is 0 Å². The Labute approximate surface area is 166 Å². The Balaban J connectivity index is 1.25. The van der Waals surface area contributed by atoms with E-state index in [9.17, 15) is 13.6 Å². The van der Waals surface area contributed by atoms with Gasteiger partial charge in [-0.2, -0.15) is 0 Å². The Morgan fingerprint density at radius 3 is 2.32 bits per heavy atom. The number of likely N-dealkylation sites (tertiary alicyclic amines) is 2. The van der Waals surface area contributed by atoms with Gasteiger partial charge in [-0.15, -0.1) is 0 Å². The van der Waals surface area contributed by atoms with E-state index in [1.807, 2.05) is 0 Å². The monoisotopic (exact) mass is 391 g/mol. The van der Waals surface area contributed by atoms with Gasteiger partial charge in [-0.05, 0) is 69.3 Å². The van der Waals surface area contributed by atoms with Crippen molar-refractivity contribution >= 4 is 5.91 Å². The van der Waals surface area contributed by atoms with Crippen molar-refractivity contribution in [3.8, 4) is 0 Å². The molecular weight excluding hydrogens is 360 g/mol. The Morgan fingerprint density at radius 2 is 1.68 bits per heavy atom. The van der Waals surface area contributed by atoms with Gasteiger partial charge in [0.2, 0.25) is 5.91 Å². The summed E-state index contributed by atoms with van der Waals surface area (Å²) in [5.74, 6) is -0.346. The van der Waals surface area contributed by atoms with Crippen molar-refractivity contribution in [2.24, 2.45) is 5.92 Å². The molecule has 28 heavy (non-hydrogen) atoms. The molecule has 0 radical (unpaired) electrons. The number of hydrogen-bond donors (Lipinski definition) is 1. The van der Waals surface area contributed by atoms with E-state index in [0.717, 1.165) is 58.2 Å². The van der Waals surface area contributed by atoms with Crippen molar-refractivity contribution < 1.29 is 13.6 Å². The summed E-state index contributed by atoms with van der Waals surface area (Å²) in [5, 5.41) is 2.40. The fourth-order valence-corrected chi connectivity index (χ4v) is 5.28. The van der Waals surface area contributed by atoms with Crippen LogP contribution in [0.25, 0.3) is 0 Å². The van der Waals surface area contributed by atoms with Gasteiger partial charge in [0.25, 0.3) is 6.43 Å². The lowest BCUT2D eigenvalue weighted by Crippen LogP contribution is -2.52. The van der Waals surface area contributed by atoms with E-state index in [2.05, 4.69) is 39.4 Å². The largest absolute Gasteiger partial charge is 0.350 e. The van der Waals surface area contributed by atoms with Crippen LogP contribution in [0.1, 0.15) is 36.8 Å². The maximum Gasteiger partial charge on any atom is 0.255 e. The summed E-state index contributed by atoms with van der Waals surface area (Å²) in [5.41, 5.74) is 3.01. The number of piperidine rings is 2. The predicted molar refractivity (Wildman–Crippen MR) is 106 cm³/mol. The average Bonchev–Trinajstić information content (AvgIpc) is 3.16. The molecule has 2 aliphatic heterocycles. The summed E-state index contributed by atoms with van der Waals surface area (Å²) in [7, 11) is 0. The molecule has 4 rings (SSSR count). The van der Waals surface area contributed by atoms with Gasteiger partial charge in [-0.3, -0.25) is 14.6 Å². The van der Waals surface area contributed by atoms with E-state index < -0.39 is 13.0 Å². The van der Waals surface area contributed by atoms with Crippen LogP contribution in [-0.4, -0.2) is 66.9 Å². The molecule has 3 aliphatic rings. The normalized spacial score (nSPS) is 25.2. The summed E-state index contributed by atoms with van der Waals surface area (Å²) in [6.07, 6.45) is 3.91. The molecule has 0 saturated carbocycles. The molecule has 1 amide bonds. The van der Waals surface area contributed by atoms with Crippen molar-refractivity contribution in [3.05, 3.63) is 35.4 Å². The number of benzene rings is 1. The number of amides is 1. The number of nitrogens with one attached hydrogen (secondary N) is 1. The highest BCUT2D eigenvalue weighted by atomic mass is 19.3. The Kier molecular flexibility index (Phi) is 6.26. The van der Waals surface area contributed by atoms with Crippen LogP contribution >= 0.6 is 0 Å². The molecule has 1 atom stereocenters. The Bertz CT molecular complexity index is 651. The van der Waals surface area contributed by atoms with E-state index in [4.69, 9.17) is 0 Å². The van der Waals surface area contributed by atoms with Crippen LogP contribution in [-0.2, 0) is 17.6 Å². The van der Waals surface area contributed by atoms with Crippen LogP contribution in [0.15, 0.2) is 24.3 Å². The summed E-state index contributed by atoms with van der Waals surface area (Å²) < 4.78 is 24.7. The molecule has 2 saturated heterocycles. The lowest BCUT2D eigenvalue weighted by molar-refractivity contribution is -0.127. The number of carbonyl (C=O) groups is 1. The average molecular weight is 392 g/mol. The highest BCUT2D eigenvalue weighted by Gasteiger charge is 2.34. The van der Waals surface area contributed by atoms with Crippen molar-refractivity contribution in [1.82, 2.24) is 15.1 Å².